The van der Waals surface area contributed by atoms with Crippen molar-refractivity contribution in [1.82, 2.24) is 14.3 Å². The summed E-state index contributed by atoms with van der Waals surface area (Å²) in [7, 11) is -3.78. The highest BCUT2D eigenvalue weighted by molar-refractivity contribution is 7.89. The van der Waals surface area contributed by atoms with E-state index in [4.69, 9.17) is 0 Å². The van der Waals surface area contributed by atoms with E-state index in [2.05, 4.69) is 9.71 Å². The predicted octanol–water partition coefficient (Wildman–Crippen LogP) is 2.10. The maximum Gasteiger partial charge on any atom is 0.323 e. The quantitative estimate of drug-likeness (QED) is 0.679. The van der Waals surface area contributed by atoms with Gasteiger partial charge in [-0.05, 0) is 55.2 Å². The minimum absolute atomic E-state index is 0.00895. The molecule has 1 aliphatic rings. The number of hydrogen-bond donors (Lipinski definition) is 2. The van der Waals surface area contributed by atoms with Gasteiger partial charge in [-0.2, -0.15) is 0 Å². The largest absolute Gasteiger partial charge is 0.480 e. The van der Waals surface area contributed by atoms with Crippen LogP contribution >= 0.6 is 0 Å². The van der Waals surface area contributed by atoms with Gasteiger partial charge in [0.2, 0.25) is 10.0 Å². The summed E-state index contributed by atoms with van der Waals surface area (Å²) in [5.41, 5.74) is 2.61. The van der Waals surface area contributed by atoms with Gasteiger partial charge in [0.25, 0.3) is 0 Å². The van der Waals surface area contributed by atoms with E-state index < -0.39 is 21.8 Å². The molecule has 0 aliphatic heterocycles. The predicted molar refractivity (Wildman–Crippen MR) is 99.9 cm³/mol. The smallest absolute Gasteiger partial charge is 0.323 e. The molecule has 1 atom stereocenters. The number of sulfonamides is 1. The van der Waals surface area contributed by atoms with Gasteiger partial charge in [0.05, 0.1) is 10.4 Å². The molecule has 3 aromatic rings. The lowest BCUT2D eigenvalue weighted by Gasteiger charge is -2.24. The first-order valence-corrected chi connectivity index (χ1v) is 10.3. The minimum Gasteiger partial charge on any atom is -0.480 e. The van der Waals surface area contributed by atoms with Gasteiger partial charge < -0.3 is 9.67 Å². The molecule has 1 aromatic carbocycles. The van der Waals surface area contributed by atoms with E-state index in [9.17, 15) is 22.7 Å². The fourth-order valence-corrected chi connectivity index (χ4v) is 5.08. The van der Waals surface area contributed by atoms with Crippen molar-refractivity contribution >= 4 is 26.9 Å². The Bertz CT molecular complexity index is 1160. The minimum atomic E-state index is -3.78. The molecule has 9 heteroatoms. The Kier molecular flexibility index (Phi) is 4.64. The van der Waals surface area contributed by atoms with Crippen LogP contribution < -0.4 is 4.72 Å². The van der Waals surface area contributed by atoms with Gasteiger partial charge in [0.1, 0.15) is 12.4 Å². The summed E-state index contributed by atoms with van der Waals surface area (Å²) in [6, 6.07) is 6.11. The van der Waals surface area contributed by atoms with Crippen LogP contribution in [0.2, 0.25) is 0 Å². The van der Waals surface area contributed by atoms with Crippen LogP contribution in [0.25, 0.3) is 10.9 Å². The van der Waals surface area contributed by atoms with E-state index in [-0.39, 0.29) is 17.5 Å². The van der Waals surface area contributed by atoms with E-state index in [1.807, 2.05) is 0 Å². The third-order valence-electron chi connectivity index (χ3n) is 5.01. The number of carbonyl (C=O) groups is 1. The van der Waals surface area contributed by atoms with Gasteiger partial charge in [-0.1, -0.05) is 0 Å². The summed E-state index contributed by atoms with van der Waals surface area (Å²) in [6.07, 6.45) is 4.82. The van der Waals surface area contributed by atoms with Crippen LogP contribution in [0.5, 0.6) is 0 Å². The summed E-state index contributed by atoms with van der Waals surface area (Å²) in [6.45, 7) is -0.151. The molecule has 1 aliphatic carbocycles. The van der Waals surface area contributed by atoms with Gasteiger partial charge in [0.15, 0.2) is 0 Å². The summed E-state index contributed by atoms with van der Waals surface area (Å²) >= 11 is 0. The molecule has 146 valence electrons. The Morgan fingerprint density at radius 2 is 2.04 bits per heavy atom. The van der Waals surface area contributed by atoms with Crippen LogP contribution in [0, 0.1) is 5.82 Å². The molecule has 1 unspecified atom stereocenters. The fraction of sp³-hybridized carbons (Fsp3) is 0.263. The standard InChI is InChI=1S/C19H18FN3O4S/c20-12-1-4-14(5-2-12)28(26,27)22-13-3-6-17-15(9-13)16-10-21-8-7-18(16)23(17)11-19(24)25/h1-2,4-5,7-8,10,13,22H,3,6,9,11H2,(H,24,25). The average molecular weight is 403 g/mol. The number of carboxylic acids is 1. The molecule has 2 heterocycles. The van der Waals surface area contributed by atoms with Crippen LogP contribution in [0.3, 0.4) is 0 Å². The molecule has 2 aromatic heterocycles. The molecular formula is C19H18FN3O4S. The highest BCUT2D eigenvalue weighted by Crippen LogP contribution is 2.32. The van der Waals surface area contributed by atoms with Crippen LogP contribution in [0.1, 0.15) is 17.7 Å². The highest BCUT2D eigenvalue weighted by atomic mass is 32.2. The number of nitrogens with zero attached hydrogens (tertiary/aromatic N) is 2. The van der Waals surface area contributed by atoms with E-state index in [0.29, 0.717) is 19.3 Å². The maximum absolute atomic E-state index is 13.1. The normalized spacial score (nSPS) is 16.8. The van der Waals surface area contributed by atoms with E-state index in [1.165, 1.54) is 12.1 Å². The number of benzene rings is 1. The second kappa shape index (κ2) is 6.99. The molecule has 0 saturated carbocycles. The zero-order chi connectivity index (χ0) is 19.9. The molecule has 0 fully saturated rings. The lowest BCUT2D eigenvalue weighted by molar-refractivity contribution is -0.137. The first-order valence-electron chi connectivity index (χ1n) is 8.79. The third-order valence-corrected chi connectivity index (χ3v) is 6.54. The van der Waals surface area contributed by atoms with Crippen LogP contribution in [0.4, 0.5) is 4.39 Å². The average Bonchev–Trinajstić information content (AvgIpc) is 2.95. The van der Waals surface area contributed by atoms with Crippen LogP contribution in [0.15, 0.2) is 47.6 Å². The molecule has 28 heavy (non-hydrogen) atoms. The summed E-state index contributed by atoms with van der Waals surface area (Å²) in [4.78, 5) is 15.4. The number of halogens is 1. The number of aliphatic carboxylic acids is 1. The number of fused-ring (bicyclic) bond motifs is 3. The Morgan fingerprint density at radius 1 is 1.29 bits per heavy atom. The van der Waals surface area contributed by atoms with Gasteiger partial charge in [0, 0.05) is 29.5 Å². The van der Waals surface area contributed by atoms with Crippen molar-refractivity contribution in [3.63, 3.8) is 0 Å². The zero-order valence-electron chi connectivity index (χ0n) is 14.8. The van der Waals surface area contributed by atoms with Crippen molar-refractivity contribution in [1.29, 1.82) is 0 Å². The summed E-state index contributed by atoms with van der Waals surface area (Å²) in [5.74, 6) is -1.43. The lowest BCUT2D eigenvalue weighted by Crippen LogP contribution is -2.39. The SMILES string of the molecule is O=C(O)Cn1c2c(c3cnccc31)CC(NS(=O)(=O)c1ccc(F)cc1)CC2. The summed E-state index contributed by atoms with van der Waals surface area (Å²) in [5, 5.41) is 10.1. The first kappa shape index (κ1) is 18.6. The highest BCUT2D eigenvalue weighted by Gasteiger charge is 2.29. The van der Waals surface area contributed by atoms with Crippen LogP contribution in [-0.4, -0.2) is 35.1 Å². The molecule has 0 radical (unpaired) electrons. The van der Waals surface area contributed by atoms with Gasteiger partial charge in [-0.25, -0.2) is 17.5 Å². The molecule has 4 rings (SSSR count). The number of pyridine rings is 1. The van der Waals surface area contributed by atoms with Gasteiger partial charge in [-0.3, -0.25) is 9.78 Å². The topological polar surface area (TPSA) is 101 Å². The van der Waals surface area contributed by atoms with E-state index >= 15 is 0 Å². The van der Waals surface area contributed by atoms with Crippen molar-refractivity contribution in [3.8, 4) is 0 Å². The van der Waals surface area contributed by atoms with Crippen molar-refractivity contribution in [2.45, 2.75) is 36.7 Å². The summed E-state index contributed by atoms with van der Waals surface area (Å²) < 4.78 is 42.7. The number of nitrogens with one attached hydrogen (secondary N) is 1. The van der Waals surface area contributed by atoms with Gasteiger partial charge >= 0.3 is 5.97 Å². The van der Waals surface area contributed by atoms with Gasteiger partial charge in [-0.15, -0.1) is 0 Å². The van der Waals surface area contributed by atoms with Crippen molar-refractivity contribution in [2.75, 3.05) is 0 Å². The molecule has 0 spiro atoms. The molecule has 0 saturated heterocycles. The Balaban J connectivity index is 1.65. The van der Waals surface area contributed by atoms with Crippen molar-refractivity contribution in [2.24, 2.45) is 0 Å². The Hall–Kier alpha value is -2.78. The number of carboxylic acid groups (broad SMARTS) is 1. The van der Waals surface area contributed by atoms with Crippen molar-refractivity contribution < 1.29 is 22.7 Å². The van der Waals surface area contributed by atoms with E-state index in [1.54, 1.807) is 23.0 Å². The zero-order valence-corrected chi connectivity index (χ0v) is 15.6. The number of aromatic nitrogens is 2. The Morgan fingerprint density at radius 3 is 2.75 bits per heavy atom. The maximum atomic E-state index is 13.1. The molecular weight excluding hydrogens is 385 g/mol. The third kappa shape index (κ3) is 3.38. The fourth-order valence-electron chi connectivity index (χ4n) is 3.81. The lowest BCUT2D eigenvalue weighted by atomic mass is 9.92. The second-order valence-electron chi connectivity index (χ2n) is 6.81. The molecule has 7 nitrogen and oxygen atoms in total. The number of rotatable bonds is 5. The van der Waals surface area contributed by atoms with Crippen molar-refractivity contribution in [3.05, 3.63) is 59.8 Å². The van der Waals surface area contributed by atoms with Crippen LogP contribution in [-0.2, 0) is 34.2 Å². The molecule has 0 amide bonds. The first-order chi connectivity index (χ1) is 13.3. The van der Waals surface area contributed by atoms with E-state index in [0.717, 1.165) is 34.3 Å². The molecule has 2 N–H and O–H groups in total. The Labute approximate surface area is 160 Å². The second-order valence-corrected chi connectivity index (χ2v) is 8.53. The monoisotopic (exact) mass is 403 g/mol. The number of hydrogen-bond acceptors (Lipinski definition) is 4. The molecule has 0 bridgehead atoms.